The number of hydrogen-bond donors (Lipinski definition) is 2. The van der Waals surface area contributed by atoms with Crippen LogP contribution >= 0.6 is 15.9 Å². The first-order valence-corrected chi connectivity index (χ1v) is 7.11. The number of rotatable bonds is 5. The van der Waals surface area contributed by atoms with E-state index in [4.69, 9.17) is 0 Å². The topological polar surface area (TPSA) is 54.0 Å². The second-order valence-corrected chi connectivity index (χ2v) is 5.60. The normalized spacial score (nSPS) is 16.2. The lowest BCUT2D eigenvalue weighted by atomic mass is 10.2. The first kappa shape index (κ1) is 13.3. The van der Waals surface area contributed by atoms with Gasteiger partial charge in [0, 0.05) is 23.3 Å². The molecule has 1 aliphatic carbocycles. The molecule has 4 nitrogen and oxygen atoms in total. The van der Waals surface area contributed by atoms with Crippen molar-refractivity contribution < 1.29 is 4.79 Å². The van der Waals surface area contributed by atoms with Crippen molar-refractivity contribution in [1.82, 2.24) is 10.3 Å². The zero-order valence-electron chi connectivity index (χ0n) is 10.7. The Morgan fingerprint density at radius 3 is 2.94 bits per heavy atom. The molecule has 0 radical (unpaired) electrons. The summed E-state index contributed by atoms with van der Waals surface area (Å²) >= 11 is 3.35. The molecule has 1 fully saturated rings. The van der Waals surface area contributed by atoms with Crippen LogP contribution in [-0.4, -0.2) is 23.5 Å². The van der Waals surface area contributed by atoms with E-state index in [0.29, 0.717) is 17.3 Å². The molecule has 5 heteroatoms. The van der Waals surface area contributed by atoms with Crippen molar-refractivity contribution in [2.75, 3.05) is 11.9 Å². The maximum absolute atomic E-state index is 12.2. The Balaban J connectivity index is 2.13. The Kier molecular flexibility index (Phi) is 4.22. The van der Waals surface area contributed by atoms with Crippen LogP contribution in [0.25, 0.3) is 0 Å². The minimum atomic E-state index is -0.0563. The number of aromatic nitrogens is 1. The lowest BCUT2D eigenvalue weighted by molar-refractivity contribution is 0.0936. The SMILES string of the molecule is CCNc1ncc(Br)cc1C(=O)NC(C)C1CC1. The third-order valence-electron chi connectivity index (χ3n) is 3.13. The highest BCUT2D eigenvalue weighted by Gasteiger charge is 2.29. The van der Waals surface area contributed by atoms with Crippen LogP contribution in [0.1, 0.15) is 37.0 Å². The third kappa shape index (κ3) is 3.22. The summed E-state index contributed by atoms with van der Waals surface area (Å²) in [5, 5.41) is 6.15. The Bertz CT molecular complexity index is 446. The molecule has 0 saturated heterocycles. The summed E-state index contributed by atoms with van der Waals surface area (Å²) in [5.41, 5.74) is 0.596. The molecule has 1 unspecified atom stereocenters. The molecule has 1 amide bonds. The second-order valence-electron chi connectivity index (χ2n) is 4.68. The van der Waals surface area contributed by atoms with Crippen molar-refractivity contribution in [3.05, 3.63) is 22.3 Å². The number of amides is 1. The predicted octanol–water partition coefficient (Wildman–Crippen LogP) is 2.80. The summed E-state index contributed by atoms with van der Waals surface area (Å²) in [7, 11) is 0. The van der Waals surface area contributed by atoms with Gasteiger partial charge in [-0.25, -0.2) is 4.98 Å². The van der Waals surface area contributed by atoms with Gasteiger partial charge in [-0.3, -0.25) is 4.79 Å². The van der Waals surface area contributed by atoms with Gasteiger partial charge in [-0.15, -0.1) is 0 Å². The zero-order valence-corrected chi connectivity index (χ0v) is 12.3. The van der Waals surface area contributed by atoms with Crippen molar-refractivity contribution in [2.45, 2.75) is 32.7 Å². The Labute approximate surface area is 116 Å². The van der Waals surface area contributed by atoms with Gasteiger partial charge in [-0.2, -0.15) is 0 Å². The fraction of sp³-hybridized carbons (Fsp3) is 0.538. The van der Waals surface area contributed by atoms with Gasteiger partial charge in [0.25, 0.3) is 5.91 Å². The van der Waals surface area contributed by atoms with Crippen molar-refractivity contribution >= 4 is 27.7 Å². The molecule has 98 valence electrons. The second kappa shape index (κ2) is 5.69. The molecule has 0 aliphatic heterocycles. The van der Waals surface area contributed by atoms with Gasteiger partial charge < -0.3 is 10.6 Å². The summed E-state index contributed by atoms with van der Waals surface area (Å²) in [6.45, 7) is 4.79. The summed E-state index contributed by atoms with van der Waals surface area (Å²) in [5.74, 6) is 1.23. The molecule has 1 aliphatic rings. The van der Waals surface area contributed by atoms with Crippen molar-refractivity contribution in [3.63, 3.8) is 0 Å². The number of pyridine rings is 1. The molecule has 1 atom stereocenters. The van der Waals surface area contributed by atoms with Crippen LogP contribution in [0.4, 0.5) is 5.82 Å². The molecule has 18 heavy (non-hydrogen) atoms. The predicted molar refractivity (Wildman–Crippen MR) is 75.8 cm³/mol. The lowest BCUT2D eigenvalue weighted by Gasteiger charge is -2.15. The molecule has 2 rings (SSSR count). The maximum atomic E-state index is 12.2. The third-order valence-corrected chi connectivity index (χ3v) is 3.56. The average molecular weight is 312 g/mol. The number of hydrogen-bond acceptors (Lipinski definition) is 3. The van der Waals surface area contributed by atoms with Crippen LogP contribution < -0.4 is 10.6 Å². The van der Waals surface area contributed by atoms with Crippen molar-refractivity contribution in [3.8, 4) is 0 Å². The molecule has 0 spiro atoms. The first-order chi connectivity index (χ1) is 8.61. The van der Waals surface area contributed by atoms with Crippen molar-refractivity contribution in [2.24, 2.45) is 5.92 Å². The monoisotopic (exact) mass is 311 g/mol. The maximum Gasteiger partial charge on any atom is 0.255 e. The van der Waals surface area contributed by atoms with Crippen LogP contribution in [0.15, 0.2) is 16.7 Å². The van der Waals surface area contributed by atoms with Gasteiger partial charge >= 0.3 is 0 Å². The lowest BCUT2D eigenvalue weighted by Crippen LogP contribution is -2.34. The van der Waals surface area contributed by atoms with Gasteiger partial charge in [0.2, 0.25) is 0 Å². The van der Waals surface area contributed by atoms with E-state index in [1.54, 1.807) is 12.3 Å². The Hall–Kier alpha value is -1.10. The van der Waals surface area contributed by atoms with E-state index in [-0.39, 0.29) is 11.9 Å². The average Bonchev–Trinajstić information content (AvgIpc) is 3.15. The smallest absolute Gasteiger partial charge is 0.255 e. The van der Waals surface area contributed by atoms with Gasteiger partial charge in [0.1, 0.15) is 5.82 Å². The zero-order chi connectivity index (χ0) is 13.1. The van der Waals surface area contributed by atoms with Gasteiger partial charge in [-0.05, 0) is 54.6 Å². The number of nitrogens with one attached hydrogen (secondary N) is 2. The molecular formula is C13H18BrN3O. The van der Waals surface area contributed by atoms with Crippen LogP contribution in [0, 0.1) is 5.92 Å². The van der Waals surface area contributed by atoms with E-state index in [1.165, 1.54) is 12.8 Å². The molecular weight excluding hydrogens is 294 g/mol. The van der Waals surface area contributed by atoms with Crippen LogP contribution in [0.5, 0.6) is 0 Å². The molecule has 1 aromatic rings. The van der Waals surface area contributed by atoms with Gasteiger partial charge in [0.15, 0.2) is 0 Å². The number of nitrogens with zero attached hydrogens (tertiary/aromatic N) is 1. The van der Waals surface area contributed by atoms with E-state index >= 15 is 0 Å². The molecule has 0 aromatic carbocycles. The van der Waals surface area contributed by atoms with Crippen LogP contribution in [-0.2, 0) is 0 Å². The number of anilines is 1. The fourth-order valence-electron chi connectivity index (χ4n) is 1.92. The van der Waals surface area contributed by atoms with Crippen LogP contribution in [0.2, 0.25) is 0 Å². The van der Waals surface area contributed by atoms with E-state index in [9.17, 15) is 4.79 Å². The number of carbonyl (C=O) groups excluding carboxylic acids is 1. The quantitative estimate of drug-likeness (QED) is 0.879. The Morgan fingerprint density at radius 2 is 2.33 bits per heavy atom. The highest BCUT2D eigenvalue weighted by atomic mass is 79.9. The summed E-state index contributed by atoms with van der Waals surface area (Å²) in [4.78, 5) is 16.5. The Morgan fingerprint density at radius 1 is 1.61 bits per heavy atom. The molecule has 0 bridgehead atoms. The summed E-state index contributed by atoms with van der Waals surface area (Å²) in [6.07, 6.45) is 4.13. The highest BCUT2D eigenvalue weighted by molar-refractivity contribution is 9.10. The van der Waals surface area contributed by atoms with Crippen LogP contribution in [0.3, 0.4) is 0 Å². The first-order valence-electron chi connectivity index (χ1n) is 6.32. The van der Waals surface area contributed by atoms with E-state index in [0.717, 1.165) is 11.0 Å². The van der Waals surface area contributed by atoms with Gasteiger partial charge in [0.05, 0.1) is 5.56 Å². The van der Waals surface area contributed by atoms with E-state index < -0.39 is 0 Å². The summed E-state index contributed by atoms with van der Waals surface area (Å²) in [6, 6.07) is 2.05. The molecule has 1 heterocycles. The molecule has 1 aromatic heterocycles. The van der Waals surface area contributed by atoms with E-state index in [2.05, 4.69) is 38.5 Å². The summed E-state index contributed by atoms with van der Waals surface area (Å²) < 4.78 is 0.813. The van der Waals surface area contributed by atoms with E-state index in [1.807, 2.05) is 6.92 Å². The largest absolute Gasteiger partial charge is 0.370 e. The number of carbonyl (C=O) groups is 1. The van der Waals surface area contributed by atoms with Gasteiger partial charge in [-0.1, -0.05) is 0 Å². The fourth-order valence-corrected chi connectivity index (χ4v) is 2.25. The molecule has 2 N–H and O–H groups in total. The minimum absolute atomic E-state index is 0.0563. The molecule has 1 saturated carbocycles. The highest BCUT2D eigenvalue weighted by Crippen LogP contribution is 2.32. The minimum Gasteiger partial charge on any atom is -0.370 e. The number of halogens is 1. The van der Waals surface area contributed by atoms with Crippen molar-refractivity contribution in [1.29, 1.82) is 0 Å². The standard InChI is InChI=1S/C13H18BrN3O/c1-3-15-12-11(6-10(14)7-16-12)13(18)17-8(2)9-4-5-9/h6-9H,3-5H2,1-2H3,(H,15,16)(H,17,18).